The van der Waals surface area contributed by atoms with Gasteiger partial charge in [0.25, 0.3) is 0 Å². The highest BCUT2D eigenvalue weighted by molar-refractivity contribution is 6.35. The fourth-order valence-corrected chi connectivity index (χ4v) is 3.70. The Kier molecular flexibility index (Phi) is 7.25. The Hall–Kier alpha value is -2.97. The van der Waals surface area contributed by atoms with E-state index in [1.54, 1.807) is 36.4 Å². The van der Waals surface area contributed by atoms with Gasteiger partial charge in [0.1, 0.15) is 17.5 Å². The Morgan fingerprint density at radius 3 is 2.58 bits per heavy atom. The normalized spacial score (nSPS) is 15.5. The second-order valence-electron chi connectivity index (χ2n) is 6.77. The first-order valence-corrected chi connectivity index (χ1v) is 10.2. The van der Waals surface area contributed by atoms with E-state index < -0.39 is 23.9 Å². The van der Waals surface area contributed by atoms with Crippen LogP contribution >= 0.6 is 23.2 Å². The molecule has 3 rings (SSSR count). The standard InChI is InChI=1S/C21H21Cl2N3O5/c1-30-14-5-6-16(18(10-14)31-2)25-21(29)26-17(7-8-19(26)27)20(28)24-11-12-3-4-13(22)9-15(12)23/h3-6,9-10,17H,7-8,11H2,1-2H3,(H,24,28)(H,25,29)/t17-/m0/s1. The maximum Gasteiger partial charge on any atom is 0.329 e. The summed E-state index contributed by atoms with van der Waals surface area (Å²) < 4.78 is 10.4. The molecule has 8 nitrogen and oxygen atoms in total. The molecule has 1 atom stereocenters. The SMILES string of the molecule is COc1ccc(NC(=O)N2C(=O)CC[C@H]2C(=O)NCc2ccc(Cl)cc2Cl)c(OC)c1. The molecule has 31 heavy (non-hydrogen) atoms. The lowest BCUT2D eigenvalue weighted by Gasteiger charge is -2.23. The molecule has 2 aromatic rings. The summed E-state index contributed by atoms with van der Waals surface area (Å²) in [6.45, 7) is 0.140. The predicted octanol–water partition coefficient (Wildman–Crippen LogP) is 3.85. The summed E-state index contributed by atoms with van der Waals surface area (Å²) in [6.07, 6.45) is 0.319. The van der Waals surface area contributed by atoms with Crippen LogP contribution in [0, 0.1) is 0 Å². The van der Waals surface area contributed by atoms with Gasteiger partial charge in [-0.15, -0.1) is 0 Å². The number of anilines is 1. The van der Waals surface area contributed by atoms with Crippen molar-refractivity contribution in [3.8, 4) is 11.5 Å². The number of likely N-dealkylation sites (tertiary alicyclic amines) is 1. The van der Waals surface area contributed by atoms with Gasteiger partial charge in [-0.1, -0.05) is 29.3 Å². The first kappa shape index (κ1) is 22.7. The maximum atomic E-state index is 12.8. The van der Waals surface area contributed by atoms with Gasteiger partial charge in [0.2, 0.25) is 11.8 Å². The molecule has 2 aromatic carbocycles. The van der Waals surface area contributed by atoms with Crippen LogP contribution in [0.5, 0.6) is 11.5 Å². The lowest BCUT2D eigenvalue weighted by molar-refractivity contribution is -0.132. The molecule has 0 spiro atoms. The van der Waals surface area contributed by atoms with E-state index in [4.69, 9.17) is 32.7 Å². The van der Waals surface area contributed by atoms with Gasteiger partial charge in [-0.3, -0.25) is 14.5 Å². The zero-order valence-electron chi connectivity index (χ0n) is 16.9. The van der Waals surface area contributed by atoms with Crippen LogP contribution in [0.2, 0.25) is 10.0 Å². The van der Waals surface area contributed by atoms with Gasteiger partial charge in [-0.05, 0) is 36.2 Å². The van der Waals surface area contributed by atoms with Crippen LogP contribution in [0.15, 0.2) is 36.4 Å². The smallest absolute Gasteiger partial charge is 0.329 e. The number of urea groups is 1. The molecule has 1 fully saturated rings. The van der Waals surface area contributed by atoms with Crippen LogP contribution in [-0.2, 0) is 16.1 Å². The second-order valence-corrected chi connectivity index (χ2v) is 7.61. The quantitative estimate of drug-likeness (QED) is 0.674. The van der Waals surface area contributed by atoms with E-state index in [1.165, 1.54) is 14.2 Å². The number of carbonyl (C=O) groups is 3. The molecule has 4 amide bonds. The average molecular weight is 466 g/mol. The third kappa shape index (κ3) is 5.21. The van der Waals surface area contributed by atoms with Crippen molar-refractivity contribution in [3.63, 3.8) is 0 Å². The molecular formula is C21H21Cl2N3O5. The Labute approximate surface area is 189 Å². The Morgan fingerprint density at radius 2 is 1.90 bits per heavy atom. The van der Waals surface area contributed by atoms with E-state index in [2.05, 4.69) is 10.6 Å². The van der Waals surface area contributed by atoms with Gasteiger partial charge < -0.3 is 20.1 Å². The largest absolute Gasteiger partial charge is 0.497 e. The van der Waals surface area contributed by atoms with E-state index in [1.807, 2.05) is 0 Å². The summed E-state index contributed by atoms with van der Waals surface area (Å²) in [7, 11) is 2.96. The number of nitrogens with zero attached hydrogens (tertiary/aromatic N) is 1. The number of hydrogen-bond acceptors (Lipinski definition) is 5. The van der Waals surface area contributed by atoms with Crippen LogP contribution in [0.25, 0.3) is 0 Å². The molecule has 0 bridgehead atoms. The van der Waals surface area contributed by atoms with E-state index in [0.29, 0.717) is 32.8 Å². The fourth-order valence-electron chi connectivity index (χ4n) is 3.23. The van der Waals surface area contributed by atoms with Crippen molar-refractivity contribution >= 4 is 46.7 Å². The van der Waals surface area contributed by atoms with Crippen LogP contribution in [0.3, 0.4) is 0 Å². The molecule has 1 saturated heterocycles. The molecule has 1 aliphatic heterocycles. The number of hydrogen-bond donors (Lipinski definition) is 2. The minimum Gasteiger partial charge on any atom is -0.497 e. The first-order valence-electron chi connectivity index (χ1n) is 9.40. The maximum absolute atomic E-state index is 12.8. The first-order chi connectivity index (χ1) is 14.8. The monoisotopic (exact) mass is 465 g/mol. The Balaban J connectivity index is 1.70. The lowest BCUT2D eigenvalue weighted by Crippen LogP contribution is -2.49. The van der Waals surface area contributed by atoms with E-state index >= 15 is 0 Å². The van der Waals surface area contributed by atoms with Crippen molar-refractivity contribution in [3.05, 3.63) is 52.0 Å². The van der Waals surface area contributed by atoms with Gasteiger partial charge >= 0.3 is 6.03 Å². The van der Waals surface area contributed by atoms with Crippen molar-refractivity contribution in [2.45, 2.75) is 25.4 Å². The fraction of sp³-hybridized carbons (Fsp3) is 0.286. The molecule has 10 heteroatoms. The molecule has 0 radical (unpaired) electrons. The van der Waals surface area contributed by atoms with E-state index in [9.17, 15) is 14.4 Å². The van der Waals surface area contributed by atoms with Crippen LogP contribution in [0.1, 0.15) is 18.4 Å². The average Bonchev–Trinajstić information content (AvgIpc) is 3.14. The molecule has 164 valence electrons. The number of amides is 4. The highest BCUT2D eigenvalue weighted by Crippen LogP contribution is 2.30. The van der Waals surface area contributed by atoms with Crippen LogP contribution < -0.4 is 20.1 Å². The zero-order valence-corrected chi connectivity index (χ0v) is 18.4. The number of benzene rings is 2. The molecule has 0 aromatic heterocycles. The lowest BCUT2D eigenvalue weighted by atomic mass is 10.2. The molecule has 2 N–H and O–H groups in total. The minimum absolute atomic E-state index is 0.0902. The van der Waals surface area contributed by atoms with E-state index in [-0.39, 0.29) is 19.4 Å². The summed E-state index contributed by atoms with van der Waals surface area (Å²) in [6, 6.07) is 8.13. The molecule has 1 heterocycles. The number of ether oxygens (including phenoxy) is 2. The van der Waals surface area contributed by atoms with Gasteiger partial charge in [-0.2, -0.15) is 0 Å². The molecule has 0 unspecified atom stereocenters. The number of methoxy groups -OCH3 is 2. The van der Waals surface area contributed by atoms with Crippen molar-refractivity contribution < 1.29 is 23.9 Å². The van der Waals surface area contributed by atoms with Crippen molar-refractivity contribution in [1.29, 1.82) is 0 Å². The van der Waals surface area contributed by atoms with E-state index in [0.717, 1.165) is 4.90 Å². The Morgan fingerprint density at radius 1 is 1.13 bits per heavy atom. The summed E-state index contributed by atoms with van der Waals surface area (Å²) in [5, 5.41) is 6.25. The summed E-state index contributed by atoms with van der Waals surface area (Å²) in [5.41, 5.74) is 1.02. The number of rotatable bonds is 6. The van der Waals surface area contributed by atoms with Crippen molar-refractivity contribution in [1.82, 2.24) is 10.2 Å². The van der Waals surface area contributed by atoms with Gasteiger partial charge in [-0.25, -0.2) is 4.79 Å². The summed E-state index contributed by atoms with van der Waals surface area (Å²) in [5.74, 6) is 0.0197. The van der Waals surface area contributed by atoms with Crippen molar-refractivity contribution in [2.75, 3.05) is 19.5 Å². The molecule has 0 aliphatic carbocycles. The summed E-state index contributed by atoms with van der Waals surface area (Å²) >= 11 is 12.0. The van der Waals surface area contributed by atoms with Crippen LogP contribution in [-0.4, -0.2) is 43.0 Å². The molecule has 0 saturated carbocycles. The third-order valence-corrected chi connectivity index (χ3v) is 5.44. The predicted molar refractivity (Wildman–Crippen MR) is 117 cm³/mol. The topological polar surface area (TPSA) is 97.0 Å². The Bertz CT molecular complexity index is 1010. The number of nitrogens with one attached hydrogen (secondary N) is 2. The van der Waals surface area contributed by atoms with Gasteiger partial charge in [0.15, 0.2) is 0 Å². The zero-order chi connectivity index (χ0) is 22.5. The van der Waals surface area contributed by atoms with Gasteiger partial charge in [0.05, 0.1) is 19.9 Å². The third-order valence-electron chi connectivity index (χ3n) is 4.85. The van der Waals surface area contributed by atoms with Gasteiger partial charge in [0, 0.05) is 29.1 Å². The highest BCUT2D eigenvalue weighted by atomic mass is 35.5. The number of carbonyl (C=O) groups excluding carboxylic acids is 3. The van der Waals surface area contributed by atoms with Crippen LogP contribution in [0.4, 0.5) is 10.5 Å². The second kappa shape index (κ2) is 9.89. The summed E-state index contributed by atoms with van der Waals surface area (Å²) in [4.78, 5) is 38.8. The highest BCUT2D eigenvalue weighted by Gasteiger charge is 2.40. The molecule has 1 aliphatic rings. The number of imide groups is 1. The minimum atomic E-state index is -0.928. The molecular weight excluding hydrogens is 445 g/mol. The van der Waals surface area contributed by atoms with Crippen molar-refractivity contribution in [2.24, 2.45) is 0 Å². The number of halogens is 2.